The summed E-state index contributed by atoms with van der Waals surface area (Å²) in [4.78, 5) is 24.6. The lowest BCUT2D eigenvalue weighted by atomic mass is 10.3. The molecule has 9 heteroatoms. The van der Waals surface area contributed by atoms with E-state index in [9.17, 15) is 9.59 Å². The van der Waals surface area contributed by atoms with Crippen molar-refractivity contribution in [2.24, 2.45) is 0 Å². The zero-order valence-electron chi connectivity index (χ0n) is 13.1. The average molecular weight is 338 g/mol. The minimum Gasteiger partial charge on any atom is -0.469 e. The van der Waals surface area contributed by atoms with Gasteiger partial charge in [0.1, 0.15) is 17.8 Å². The zero-order chi connectivity index (χ0) is 17.2. The summed E-state index contributed by atoms with van der Waals surface area (Å²) in [7, 11) is 0. The van der Waals surface area contributed by atoms with Gasteiger partial charge in [-0.25, -0.2) is 4.52 Å². The molecule has 0 radical (unpaired) electrons. The quantitative estimate of drug-likeness (QED) is 0.564. The van der Waals surface area contributed by atoms with Crippen LogP contribution in [0, 0.1) is 0 Å². The Kier molecular flexibility index (Phi) is 3.73. The van der Waals surface area contributed by atoms with Gasteiger partial charge in [-0.1, -0.05) is 0 Å². The fraction of sp³-hybridized carbons (Fsp3) is 0.188. The molecule has 0 fully saturated rings. The second-order valence-corrected chi connectivity index (χ2v) is 5.46. The molecule has 25 heavy (non-hydrogen) atoms. The van der Waals surface area contributed by atoms with Crippen molar-refractivity contribution >= 4 is 22.6 Å². The van der Waals surface area contributed by atoms with E-state index < -0.39 is 0 Å². The number of fused-ring (bicyclic) bond motifs is 3. The second kappa shape index (κ2) is 6.19. The van der Waals surface area contributed by atoms with E-state index in [4.69, 9.17) is 4.42 Å². The van der Waals surface area contributed by atoms with Gasteiger partial charge in [-0.05, 0) is 18.2 Å². The number of aromatic nitrogens is 5. The lowest BCUT2D eigenvalue weighted by molar-refractivity contribution is -0.121. The molecule has 0 bridgehead atoms. The van der Waals surface area contributed by atoms with Crippen LogP contribution in [0.2, 0.25) is 0 Å². The fourth-order valence-corrected chi connectivity index (χ4v) is 2.59. The molecular weight excluding hydrogens is 324 g/mol. The number of nitrogens with zero attached hydrogens (tertiary/aromatic N) is 5. The molecule has 4 aromatic rings. The van der Waals surface area contributed by atoms with Gasteiger partial charge in [0.15, 0.2) is 11.2 Å². The highest BCUT2D eigenvalue weighted by Crippen LogP contribution is 2.07. The molecule has 4 aromatic heterocycles. The molecule has 0 unspecified atom stereocenters. The van der Waals surface area contributed by atoms with Crippen molar-refractivity contribution in [1.29, 1.82) is 0 Å². The summed E-state index contributed by atoms with van der Waals surface area (Å²) in [6.45, 7) is 0.341. The maximum atomic E-state index is 12.5. The van der Waals surface area contributed by atoms with E-state index in [-0.39, 0.29) is 23.5 Å². The number of nitrogens with one attached hydrogen (secondary N) is 1. The Morgan fingerprint density at radius 1 is 1.24 bits per heavy atom. The molecule has 1 amide bonds. The maximum Gasteiger partial charge on any atom is 0.281 e. The molecular formula is C16H14N6O3. The molecule has 9 nitrogen and oxygen atoms in total. The normalized spacial score (nSPS) is 11.2. The lowest BCUT2D eigenvalue weighted by Gasteiger charge is -2.08. The summed E-state index contributed by atoms with van der Waals surface area (Å²) in [5, 5.41) is 14.8. The minimum absolute atomic E-state index is 0.0915. The maximum absolute atomic E-state index is 12.5. The molecule has 0 saturated heterocycles. The topological polar surface area (TPSA) is 107 Å². The summed E-state index contributed by atoms with van der Waals surface area (Å²) in [5.41, 5.74) is 0.889. The van der Waals surface area contributed by atoms with Crippen molar-refractivity contribution in [2.45, 2.75) is 13.0 Å². The van der Waals surface area contributed by atoms with E-state index in [2.05, 4.69) is 20.6 Å². The molecule has 0 aliphatic carbocycles. The molecule has 0 spiro atoms. The molecule has 4 heterocycles. The van der Waals surface area contributed by atoms with Crippen molar-refractivity contribution in [1.82, 2.24) is 29.7 Å². The van der Waals surface area contributed by atoms with Crippen LogP contribution in [0.1, 0.15) is 5.76 Å². The summed E-state index contributed by atoms with van der Waals surface area (Å²) in [5.74, 6) is 0.530. The number of amides is 1. The van der Waals surface area contributed by atoms with Gasteiger partial charge in [0.05, 0.1) is 12.5 Å². The molecule has 0 saturated carbocycles. The predicted octanol–water partition coefficient (Wildman–Crippen LogP) is 0.391. The van der Waals surface area contributed by atoms with Gasteiger partial charge in [-0.2, -0.15) is 5.10 Å². The number of furan rings is 1. The Labute approximate surface area is 140 Å². The predicted molar refractivity (Wildman–Crippen MR) is 88.0 cm³/mol. The van der Waals surface area contributed by atoms with E-state index in [1.54, 1.807) is 36.9 Å². The summed E-state index contributed by atoms with van der Waals surface area (Å²) in [6, 6.07) is 7.03. The van der Waals surface area contributed by atoms with Gasteiger partial charge in [0.25, 0.3) is 5.56 Å². The molecule has 126 valence electrons. The van der Waals surface area contributed by atoms with Gasteiger partial charge in [0, 0.05) is 25.2 Å². The van der Waals surface area contributed by atoms with Crippen molar-refractivity contribution in [2.75, 3.05) is 6.54 Å². The van der Waals surface area contributed by atoms with Crippen LogP contribution in [-0.2, 0) is 17.8 Å². The van der Waals surface area contributed by atoms with Crippen LogP contribution < -0.4 is 10.9 Å². The molecule has 0 atom stereocenters. The number of rotatable bonds is 5. The average Bonchev–Trinajstić information content (AvgIpc) is 3.28. The van der Waals surface area contributed by atoms with Crippen LogP contribution in [0.15, 0.2) is 52.1 Å². The Hall–Kier alpha value is -3.49. The van der Waals surface area contributed by atoms with Crippen LogP contribution in [0.25, 0.3) is 16.7 Å². The standard InChI is InChI=1S/C16H14N6O3/c23-14(17-6-3-11-2-1-9-25-11)10-21-8-5-12-15(16(21)24)20-19-13-4-7-18-22(12)13/h1-2,4-5,7-9H,3,6,10H2,(H,17,23). The Balaban J connectivity index is 1.51. The number of carbonyl (C=O) groups excluding carboxylic acids is 1. The largest absolute Gasteiger partial charge is 0.469 e. The van der Waals surface area contributed by atoms with Gasteiger partial charge >= 0.3 is 0 Å². The van der Waals surface area contributed by atoms with Crippen LogP contribution in [0.4, 0.5) is 0 Å². The van der Waals surface area contributed by atoms with Crippen molar-refractivity contribution in [3.05, 3.63) is 59.0 Å². The molecule has 0 aliphatic rings. The summed E-state index contributed by atoms with van der Waals surface area (Å²) >= 11 is 0. The van der Waals surface area contributed by atoms with Gasteiger partial charge in [-0.15, -0.1) is 10.2 Å². The van der Waals surface area contributed by atoms with E-state index >= 15 is 0 Å². The zero-order valence-corrected chi connectivity index (χ0v) is 13.1. The highest BCUT2D eigenvalue weighted by Gasteiger charge is 2.11. The summed E-state index contributed by atoms with van der Waals surface area (Å²) in [6.07, 6.45) is 5.32. The van der Waals surface area contributed by atoms with Crippen LogP contribution >= 0.6 is 0 Å². The first-order chi connectivity index (χ1) is 12.2. The van der Waals surface area contributed by atoms with Crippen LogP contribution in [-0.4, -0.2) is 36.8 Å². The van der Waals surface area contributed by atoms with Gasteiger partial charge < -0.3 is 14.3 Å². The highest BCUT2D eigenvalue weighted by molar-refractivity contribution is 5.77. The van der Waals surface area contributed by atoms with E-state index in [1.165, 1.54) is 9.08 Å². The van der Waals surface area contributed by atoms with Crippen molar-refractivity contribution in [3.63, 3.8) is 0 Å². The van der Waals surface area contributed by atoms with E-state index in [1.807, 2.05) is 6.07 Å². The Morgan fingerprint density at radius 3 is 3.00 bits per heavy atom. The van der Waals surface area contributed by atoms with Gasteiger partial charge in [0.2, 0.25) is 5.91 Å². The van der Waals surface area contributed by atoms with Crippen molar-refractivity contribution < 1.29 is 9.21 Å². The second-order valence-electron chi connectivity index (χ2n) is 5.46. The Morgan fingerprint density at radius 2 is 2.16 bits per heavy atom. The molecule has 1 N–H and O–H groups in total. The molecule has 4 rings (SSSR count). The van der Waals surface area contributed by atoms with E-state index in [0.29, 0.717) is 24.1 Å². The first kappa shape index (κ1) is 15.1. The van der Waals surface area contributed by atoms with Gasteiger partial charge in [-0.3, -0.25) is 9.59 Å². The first-order valence-electron chi connectivity index (χ1n) is 7.71. The third-order valence-corrected chi connectivity index (χ3v) is 3.81. The number of hydrogen-bond donors (Lipinski definition) is 1. The molecule has 0 aliphatic heterocycles. The monoisotopic (exact) mass is 338 g/mol. The lowest BCUT2D eigenvalue weighted by Crippen LogP contribution is -2.33. The minimum atomic E-state index is -0.386. The number of pyridine rings is 1. The highest BCUT2D eigenvalue weighted by atomic mass is 16.3. The number of hydrogen-bond acceptors (Lipinski definition) is 6. The third-order valence-electron chi connectivity index (χ3n) is 3.81. The summed E-state index contributed by atoms with van der Waals surface area (Å²) < 4.78 is 8.04. The first-order valence-corrected chi connectivity index (χ1v) is 7.71. The SMILES string of the molecule is O=C(Cn1ccc2c(nnc3ccnn32)c1=O)NCCc1ccco1. The molecule has 0 aromatic carbocycles. The van der Waals surface area contributed by atoms with Crippen LogP contribution in [0.3, 0.4) is 0 Å². The van der Waals surface area contributed by atoms with Crippen LogP contribution in [0.5, 0.6) is 0 Å². The Bertz CT molecular complexity index is 1100. The smallest absolute Gasteiger partial charge is 0.281 e. The number of carbonyl (C=O) groups is 1. The third kappa shape index (κ3) is 2.87. The fourth-order valence-electron chi connectivity index (χ4n) is 2.59. The van der Waals surface area contributed by atoms with E-state index in [0.717, 1.165) is 5.76 Å². The van der Waals surface area contributed by atoms with Crippen molar-refractivity contribution in [3.8, 4) is 0 Å².